The van der Waals surface area contributed by atoms with Gasteiger partial charge in [0.25, 0.3) is 5.82 Å². The number of fused-ring (bicyclic) bond motifs is 1. The third kappa shape index (κ3) is 3.05. The summed E-state index contributed by atoms with van der Waals surface area (Å²) in [4.78, 5) is 4.35. The molecule has 128 valence electrons. The molecule has 0 aliphatic rings. The van der Waals surface area contributed by atoms with Crippen molar-refractivity contribution in [2.75, 3.05) is 11.9 Å². The van der Waals surface area contributed by atoms with Crippen LogP contribution >= 0.6 is 11.3 Å². The van der Waals surface area contributed by atoms with Crippen LogP contribution in [0, 0.1) is 20.8 Å². The maximum absolute atomic E-state index is 13.0. The third-order valence-corrected chi connectivity index (χ3v) is 4.51. The molecule has 0 spiro atoms. The fourth-order valence-corrected chi connectivity index (χ4v) is 2.95. The molecule has 1 N–H and O–H groups in total. The second-order valence-electron chi connectivity index (χ2n) is 5.39. The van der Waals surface area contributed by atoms with E-state index >= 15 is 0 Å². The molecule has 0 unspecified atom stereocenters. The van der Waals surface area contributed by atoms with Crippen LogP contribution in [0.3, 0.4) is 0 Å². The summed E-state index contributed by atoms with van der Waals surface area (Å²) in [5.74, 6) is -0.740. The van der Waals surface area contributed by atoms with Crippen LogP contribution in [0.25, 0.3) is 5.65 Å². The van der Waals surface area contributed by atoms with Crippen molar-refractivity contribution in [3.63, 3.8) is 0 Å². The normalized spacial score (nSPS) is 12.1. The highest BCUT2D eigenvalue weighted by atomic mass is 32.1. The number of nitrogens with one attached hydrogen (secondary N) is 1. The minimum atomic E-state index is -4.61. The van der Waals surface area contributed by atoms with Gasteiger partial charge in [0.2, 0.25) is 0 Å². The minimum Gasteiger partial charge on any atom is -0.368 e. The smallest absolute Gasteiger partial charge is 0.368 e. The van der Waals surface area contributed by atoms with Crippen molar-refractivity contribution in [3.05, 3.63) is 33.0 Å². The zero-order valence-corrected chi connectivity index (χ0v) is 14.1. The van der Waals surface area contributed by atoms with Crippen molar-refractivity contribution in [3.8, 4) is 0 Å². The Morgan fingerprint density at radius 2 is 1.92 bits per heavy atom. The molecule has 10 heteroatoms. The Hall–Kier alpha value is -2.23. The quantitative estimate of drug-likeness (QED) is 0.778. The fraction of sp³-hybridized carbons (Fsp3) is 0.429. The first kappa shape index (κ1) is 16.6. The molecule has 3 rings (SSSR count). The predicted molar refractivity (Wildman–Crippen MR) is 84.3 cm³/mol. The molecule has 0 bridgehead atoms. The summed E-state index contributed by atoms with van der Waals surface area (Å²) in [6, 6.07) is 0. The molecule has 0 saturated heterocycles. The number of thiazole rings is 1. The summed E-state index contributed by atoms with van der Waals surface area (Å²) in [6.45, 7) is 5.94. The molecule has 0 radical (unpaired) electrons. The fourth-order valence-electron chi connectivity index (χ4n) is 2.31. The lowest BCUT2D eigenvalue weighted by atomic mass is 10.2. The van der Waals surface area contributed by atoms with Gasteiger partial charge in [-0.1, -0.05) is 0 Å². The van der Waals surface area contributed by atoms with Crippen LogP contribution in [0.1, 0.15) is 27.7 Å². The highest BCUT2D eigenvalue weighted by Gasteiger charge is 2.38. The molecule has 3 heterocycles. The van der Waals surface area contributed by atoms with Crippen LogP contribution in [0.15, 0.2) is 5.38 Å². The van der Waals surface area contributed by atoms with Crippen molar-refractivity contribution >= 4 is 22.8 Å². The van der Waals surface area contributed by atoms with Crippen LogP contribution in [-0.2, 0) is 12.6 Å². The zero-order valence-electron chi connectivity index (χ0n) is 13.3. The lowest BCUT2D eigenvalue weighted by molar-refractivity contribution is -0.146. The van der Waals surface area contributed by atoms with Crippen molar-refractivity contribution in [2.24, 2.45) is 0 Å². The first-order valence-corrected chi connectivity index (χ1v) is 8.10. The van der Waals surface area contributed by atoms with Crippen molar-refractivity contribution in [1.29, 1.82) is 0 Å². The summed E-state index contributed by atoms with van der Waals surface area (Å²) in [6.07, 6.45) is -3.94. The van der Waals surface area contributed by atoms with Crippen molar-refractivity contribution in [2.45, 2.75) is 33.4 Å². The minimum absolute atomic E-state index is 0.112. The predicted octanol–water partition coefficient (Wildman–Crippen LogP) is 3.18. The average molecular weight is 356 g/mol. The van der Waals surface area contributed by atoms with Gasteiger partial charge < -0.3 is 5.32 Å². The van der Waals surface area contributed by atoms with Gasteiger partial charge in [-0.25, -0.2) is 4.98 Å². The molecule has 24 heavy (non-hydrogen) atoms. The summed E-state index contributed by atoms with van der Waals surface area (Å²) >= 11 is 1.56. The van der Waals surface area contributed by atoms with Crippen LogP contribution in [0.5, 0.6) is 0 Å². The largest absolute Gasteiger partial charge is 0.453 e. The summed E-state index contributed by atoms with van der Waals surface area (Å²) in [5, 5.41) is 16.9. The van der Waals surface area contributed by atoms with E-state index < -0.39 is 12.0 Å². The van der Waals surface area contributed by atoms with Gasteiger partial charge in [-0.3, -0.25) is 0 Å². The van der Waals surface area contributed by atoms with E-state index in [1.165, 1.54) is 0 Å². The molecule has 3 aromatic rings. The Morgan fingerprint density at radius 3 is 2.54 bits per heavy atom. The molecule has 0 amide bonds. The van der Waals surface area contributed by atoms with Gasteiger partial charge in [-0.2, -0.15) is 17.7 Å². The number of hydrogen-bond acceptors (Lipinski definition) is 6. The molecule has 0 fully saturated rings. The molecular weight excluding hydrogens is 341 g/mol. The topological polar surface area (TPSA) is 68.0 Å². The first-order chi connectivity index (χ1) is 11.3. The van der Waals surface area contributed by atoms with Crippen molar-refractivity contribution in [1.82, 2.24) is 24.8 Å². The monoisotopic (exact) mass is 356 g/mol. The first-order valence-electron chi connectivity index (χ1n) is 7.22. The summed E-state index contributed by atoms with van der Waals surface area (Å²) in [7, 11) is 0. The maximum atomic E-state index is 13.0. The Morgan fingerprint density at radius 1 is 1.17 bits per heavy atom. The lowest BCUT2D eigenvalue weighted by Gasteiger charge is -2.12. The number of aryl methyl sites for hydroxylation is 2. The van der Waals surface area contributed by atoms with E-state index in [2.05, 4.69) is 25.6 Å². The van der Waals surface area contributed by atoms with Gasteiger partial charge in [0.1, 0.15) is 5.82 Å². The van der Waals surface area contributed by atoms with Gasteiger partial charge in [-0.15, -0.1) is 26.6 Å². The number of aromatic nitrogens is 5. The number of alkyl halides is 3. The number of halogens is 3. The molecule has 0 aliphatic heterocycles. The zero-order chi connectivity index (χ0) is 17.5. The summed E-state index contributed by atoms with van der Waals surface area (Å²) < 4.78 is 39.7. The number of nitrogens with zero attached hydrogens (tertiary/aromatic N) is 5. The molecule has 0 saturated carbocycles. The Bertz CT molecular complexity index is 883. The van der Waals surface area contributed by atoms with E-state index in [-0.39, 0.29) is 5.65 Å². The second kappa shape index (κ2) is 6.00. The standard InChI is InChI=1S/C14H15F3N6S/c1-7-8(2)12-20-21-13(14(15,16)17)23(12)22-11(7)18-5-4-10-6-24-9(3)19-10/h6H,4-5H2,1-3H3,(H,18,22). The Kier molecular flexibility index (Phi) is 4.16. The van der Waals surface area contributed by atoms with E-state index in [4.69, 9.17) is 0 Å². The lowest BCUT2D eigenvalue weighted by Crippen LogP contribution is -2.16. The average Bonchev–Trinajstić information content (AvgIpc) is 3.10. The number of anilines is 1. The van der Waals surface area contributed by atoms with E-state index in [1.54, 1.807) is 25.2 Å². The highest BCUT2D eigenvalue weighted by Crippen LogP contribution is 2.29. The van der Waals surface area contributed by atoms with E-state index in [0.29, 0.717) is 24.3 Å². The van der Waals surface area contributed by atoms with Gasteiger partial charge in [0.15, 0.2) is 5.65 Å². The molecule has 3 aromatic heterocycles. The van der Waals surface area contributed by atoms with Gasteiger partial charge in [-0.05, 0) is 26.3 Å². The number of rotatable bonds is 4. The third-order valence-electron chi connectivity index (χ3n) is 3.69. The maximum Gasteiger partial charge on any atom is 0.453 e. The van der Waals surface area contributed by atoms with Crippen LogP contribution in [-0.4, -0.2) is 31.3 Å². The molecule has 0 aliphatic carbocycles. The number of hydrogen-bond donors (Lipinski definition) is 1. The molecule has 0 aromatic carbocycles. The highest BCUT2D eigenvalue weighted by molar-refractivity contribution is 7.09. The van der Waals surface area contributed by atoms with E-state index in [1.807, 2.05) is 12.3 Å². The van der Waals surface area contributed by atoms with Gasteiger partial charge in [0.05, 0.1) is 10.7 Å². The molecule has 0 atom stereocenters. The molecule has 6 nitrogen and oxygen atoms in total. The second-order valence-corrected chi connectivity index (χ2v) is 6.45. The van der Waals surface area contributed by atoms with Crippen LogP contribution < -0.4 is 5.32 Å². The molecular formula is C14H15F3N6S. The van der Waals surface area contributed by atoms with E-state index in [9.17, 15) is 13.2 Å². The van der Waals surface area contributed by atoms with Gasteiger partial charge in [0, 0.05) is 23.9 Å². The van der Waals surface area contributed by atoms with E-state index in [0.717, 1.165) is 20.8 Å². The van der Waals surface area contributed by atoms with Crippen LogP contribution in [0.2, 0.25) is 0 Å². The van der Waals surface area contributed by atoms with Gasteiger partial charge >= 0.3 is 6.18 Å². The Balaban J connectivity index is 1.88. The Labute approximate surface area is 139 Å². The van der Waals surface area contributed by atoms with Crippen molar-refractivity contribution < 1.29 is 13.2 Å². The SMILES string of the molecule is Cc1nc(CCNc2nn3c(C(F)(F)F)nnc3c(C)c2C)cs1. The summed E-state index contributed by atoms with van der Waals surface area (Å²) in [5.41, 5.74) is 2.42. The van der Waals surface area contributed by atoms with Crippen LogP contribution in [0.4, 0.5) is 19.0 Å².